The Hall–Kier alpha value is -2.16. The predicted octanol–water partition coefficient (Wildman–Crippen LogP) is 3.63. The molecule has 0 heterocycles. The van der Waals surface area contributed by atoms with Gasteiger partial charge < -0.3 is 15.2 Å². The molecule has 0 unspecified atom stereocenters. The molecule has 2 aromatic carbocycles. The summed E-state index contributed by atoms with van der Waals surface area (Å²) in [6, 6.07) is 11.7. The minimum Gasteiger partial charge on any atom is -0.504 e. The molecule has 0 bridgehead atoms. The lowest BCUT2D eigenvalue weighted by molar-refractivity contribution is 0.373. The Bertz CT molecular complexity index is 559. The van der Waals surface area contributed by atoms with Gasteiger partial charge in [-0.05, 0) is 42.7 Å². The number of methoxy groups -OCH3 is 1. The van der Waals surface area contributed by atoms with Crippen molar-refractivity contribution in [2.75, 3.05) is 12.4 Å². The van der Waals surface area contributed by atoms with E-state index < -0.39 is 0 Å². The van der Waals surface area contributed by atoms with Crippen molar-refractivity contribution < 1.29 is 9.84 Å². The van der Waals surface area contributed by atoms with E-state index >= 15 is 0 Å². The van der Waals surface area contributed by atoms with Crippen LogP contribution in [-0.4, -0.2) is 12.2 Å². The molecule has 0 radical (unpaired) electrons. The second kappa shape index (κ2) is 5.65. The van der Waals surface area contributed by atoms with E-state index in [1.807, 2.05) is 6.07 Å². The van der Waals surface area contributed by atoms with Crippen molar-refractivity contribution in [2.24, 2.45) is 0 Å². The van der Waals surface area contributed by atoms with Gasteiger partial charge in [0.05, 0.1) is 7.11 Å². The lowest BCUT2D eigenvalue weighted by atomic mass is 10.1. The normalized spacial score (nSPS) is 10.3. The van der Waals surface area contributed by atoms with Crippen LogP contribution >= 0.6 is 0 Å². The highest BCUT2D eigenvalue weighted by Gasteiger charge is 2.04. The quantitative estimate of drug-likeness (QED) is 0.878. The molecule has 0 aromatic heterocycles. The first-order valence-electron chi connectivity index (χ1n) is 6.28. The zero-order valence-corrected chi connectivity index (χ0v) is 11.5. The smallest absolute Gasteiger partial charge is 0.160 e. The van der Waals surface area contributed by atoms with Crippen molar-refractivity contribution in [3.05, 3.63) is 53.1 Å². The number of aryl methyl sites for hydroxylation is 2. The number of phenolic OH excluding ortho intramolecular Hbond substituents is 1. The van der Waals surface area contributed by atoms with Gasteiger partial charge in [-0.2, -0.15) is 0 Å². The zero-order chi connectivity index (χ0) is 13.8. The molecule has 3 nitrogen and oxygen atoms in total. The van der Waals surface area contributed by atoms with Gasteiger partial charge in [-0.25, -0.2) is 0 Å². The first-order chi connectivity index (χ1) is 9.11. The van der Waals surface area contributed by atoms with Crippen LogP contribution in [0.15, 0.2) is 36.4 Å². The van der Waals surface area contributed by atoms with Crippen LogP contribution in [0.2, 0.25) is 0 Å². The highest BCUT2D eigenvalue weighted by Crippen LogP contribution is 2.27. The third kappa shape index (κ3) is 2.99. The summed E-state index contributed by atoms with van der Waals surface area (Å²) in [4.78, 5) is 0. The van der Waals surface area contributed by atoms with Crippen LogP contribution in [0.3, 0.4) is 0 Å². The van der Waals surface area contributed by atoms with Crippen LogP contribution in [0.4, 0.5) is 5.69 Å². The van der Waals surface area contributed by atoms with Gasteiger partial charge in [0.2, 0.25) is 0 Å². The highest BCUT2D eigenvalue weighted by atomic mass is 16.5. The summed E-state index contributed by atoms with van der Waals surface area (Å²) in [5, 5.41) is 13.2. The van der Waals surface area contributed by atoms with Crippen LogP contribution in [0.1, 0.15) is 16.7 Å². The Labute approximate surface area is 113 Å². The number of hydrogen-bond acceptors (Lipinski definition) is 3. The highest BCUT2D eigenvalue weighted by molar-refractivity contribution is 5.57. The predicted molar refractivity (Wildman–Crippen MR) is 77.9 cm³/mol. The van der Waals surface area contributed by atoms with Crippen molar-refractivity contribution >= 4 is 5.69 Å². The Morgan fingerprint density at radius 2 is 1.79 bits per heavy atom. The fourth-order valence-corrected chi connectivity index (χ4v) is 2.13. The number of nitrogens with one attached hydrogen (secondary N) is 1. The molecular formula is C16H19NO2. The molecular weight excluding hydrogens is 238 g/mol. The molecule has 19 heavy (non-hydrogen) atoms. The minimum absolute atomic E-state index is 0.170. The van der Waals surface area contributed by atoms with Crippen LogP contribution in [0, 0.1) is 13.8 Å². The summed E-state index contributed by atoms with van der Waals surface area (Å²) in [7, 11) is 1.55. The van der Waals surface area contributed by atoms with Gasteiger partial charge in [0.15, 0.2) is 11.5 Å². The maximum Gasteiger partial charge on any atom is 0.160 e. The molecule has 0 atom stereocenters. The van der Waals surface area contributed by atoms with Gasteiger partial charge in [0, 0.05) is 12.2 Å². The minimum atomic E-state index is 0.170. The van der Waals surface area contributed by atoms with Gasteiger partial charge in [-0.15, -0.1) is 0 Å². The van der Waals surface area contributed by atoms with Gasteiger partial charge in [0.25, 0.3) is 0 Å². The molecule has 0 spiro atoms. The van der Waals surface area contributed by atoms with Gasteiger partial charge in [0.1, 0.15) is 0 Å². The lowest BCUT2D eigenvalue weighted by Gasteiger charge is -2.13. The molecule has 0 saturated carbocycles. The molecule has 2 rings (SSSR count). The molecule has 3 heteroatoms. The van der Waals surface area contributed by atoms with E-state index in [0.29, 0.717) is 12.3 Å². The molecule has 100 valence electrons. The maximum absolute atomic E-state index is 9.74. The third-order valence-electron chi connectivity index (χ3n) is 3.19. The maximum atomic E-state index is 9.74. The molecule has 0 amide bonds. The molecule has 2 aromatic rings. The summed E-state index contributed by atoms with van der Waals surface area (Å²) in [6.45, 7) is 4.84. The summed E-state index contributed by atoms with van der Waals surface area (Å²) < 4.78 is 5.03. The second-order valence-electron chi connectivity index (χ2n) is 4.63. The Kier molecular flexibility index (Phi) is 3.95. The largest absolute Gasteiger partial charge is 0.504 e. The number of hydrogen-bond donors (Lipinski definition) is 2. The Morgan fingerprint density at radius 3 is 2.37 bits per heavy atom. The molecule has 0 saturated heterocycles. The van der Waals surface area contributed by atoms with E-state index in [1.165, 1.54) is 11.1 Å². The summed E-state index contributed by atoms with van der Waals surface area (Å²) in [5.74, 6) is 0.666. The van der Waals surface area contributed by atoms with Crippen LogP contribution < -0.4 is 10.1 Å². The van der Waals surface area contributed by atoms with Crippen LogP contribution in [0.25, 0.3) is 0 Å². The number of ether oxygens (including phenoxy) is 1. The number of phenols is 1. The van der Waals surface area contributed by atoms with Gasteiger partial charge >= 0.3 is 0 Å². The zero-order valence-electron chi connectivity index (χ0n) is 11.5. The van der Waals surface area contributed by atoms with Crippen molar-refractivity contribution in [1.82, 2.24) is 0 Å². The average Bonchev–Trinajstić information content (AvgIpc) is 2.38. The van der Waals surface area contributed by atoms with E-state index in [0.717, 1.165) is 11.3 Å². The van der Waals surface area contributed by atoms with Crippen LogP contribution in [0.5, 0.6) is 11.5 Å². The first kappa shape index (κ1) is 13.3. The Morgan fingerprint density at radius 1 is 1.11 bits per heavy atom. The number of aromatic hydroxyl groups is 1. The topological polar surface area (TPSA) is 41.5 Å². The van der Waals surface area contributed by atoms with E-state index in [2.05, 4.69) is 37.4 Å². The first-order valence-corrected chi connectivity index (χ1v) is 6.28. The molecule has 0 aliphatic carbocycles. The number of para-hydroxylation sites is 1. The van der Waals surface area contributed by atoms with E-state index in [9.17, 15) is 5.11 Å². The third-order valence-corrected chi connectivity index (χ3v) is 3.19. The molecule has 2 N–H and O–H groups in total. The standard InChI is InChI=1S/C16H19NO2/c1-11-5-4-6-12(2)16(11)17-10-13-7-8-15(19-3)14(18)9-13/h4-9,17-18H,10H2,1-3H3. The lowest BCUT2D eigenvalue weighted by Crippen LogP contribution is -2.02. The SMILES string of the molecule is COc1ccc(CNc2c(C)cccc2C)cc1O. The Balaban J connectivity index is 2.13. The number of anilines is 1. The van der Waals surface area contributed by atoms with Gasteiger partial charge in [-0.3, -0.25) is 0 Å². The molecule has 0 fully saturated rings. The van der Waals surface area contributed by atoms with E-state index in [-0.39, 0.29) is 5.75 Å². The summed E-state index contributed by atoms with van der Waals surface area (Å²) in [6.07, 6.45) is 0. The fourth-order valence-electron chi connectivity index (χ4n) is 2.13. The van der Waals surface area contributed by atoms with E-state index in [1.54, 1.807) is 19.2 Å². The van der Waals surface area contributed by atoms with Crippen molar-refractivity contribution in [3.8, 4) is 11.5 Å². The summed E-state index contributed by atoms with van der Waals surface area (Å²) >= 11 is 0. The number of benzene rings is 2. The average molecular weight is 257 g/mol. The summed E-state index contributed by atoms with van der Waals surface area (Å²) in [5.41, 5.74) is 4.61. The van der Waals surface area contributed by atoms with Gasteiger partial charge in [-0.1, -0.05) is 24.3 Å². The van der Waals surface area contributed by atoms with Crippen molar-refractivity contribution in [1.29, 1.82) is 0 Å². The van der Waals surface area contributed by atoms with Crippen molar-refractivity contribution in [2.45, 2.75) is 20.4 Å². The molecule has 0 aliphatic heterocycles. The second-order valence-corrected chi connectivity index (χ2v) is 4.63. The van der Waals surface area contributed by atoms with Crippen LogP contribution in [-0.2, 0) is 6.54 Å². The van der Waals surface area contributed by atoms with Crippen molar-refractivity contribution in [3.63, 3.8) is 0 Å². The number of rotatable bonds is 4. The van der Waals surface area contributed by atoms with E-state index in [4.69, 9.17) is 4.74 Å². The molecule has 0 aliphatic rings. The monoisotopic (exact) mass is 257 g/mol. The fraction of sp³-hybridized carbons (Fsp3) is 0.250.